The Bertz CT molecular complexity index is 133. The van der Waals surface area contributed by atoms with Gasteiger partial charge >= 0.3 is 0 Å². The van der Waals surface area contributed by atoms with Gasteiger partial charge in [-0.25, -0.2) is 0 Å². The molecule has 0 saturated carbocycles. The van der Waals surface area contributed by atoms with Crippen molar-refractivity contribution in [2.24, 2.45) is 0 Å². The van der Waals surface area contributed by atoms with Crippen LogP contribution in [-0.2, 0) is 0 Å². The lowest BCUT2D eigenvalue weighted by Crippen LogP contribution is -2.20. The number of allylic oxidation sites excluding steroid dienone is 1. The Labute approximate surface area is 85.6 Å². The van der Waals surface area contributed by atoms with Crippen LogP contribution >= 0.6 is 22.6 Å². The van der Waals surface area contributed by atoms with Crippen LogP contribution in [0.3, 0.4) is 0 Å². The van der Waals surface area contributed by atoms with Gasteiger partial charge in [0.15, 0.2) is 0 Å². The third kappa shape index (κ3) is 5.90. The molecule has 0 aromatic rings. The molecule has 0 aromatic carbocycles. The molecule has 0 amide bonds. The maximum Gasteiger partial charge on any atom is 0.0850 e. The topological polar surface area (TPSA) is 0 Å². The van der Waals surface area contributed by atoms with E-state index in [2.05, 4.69) is 55.2 Å². The molecule has 0 aliphatic heterocycles. The Morgan fingerprint density at radius 2 is 1.91 bits per heavy atom. The Morgan fingerprint density at radius 3 is 2.27 bits per heavy atom. The van der Waals surface area contributed by atoms with E-state index in [4.69, 9.17) is 0 Å². The van der Waals surface area contributed by atoms with Crippen molar-refractivity contribution in [2.45, 2.75) is 45.8 Å². The molecule has 0 heterocycles. The zero-order chi connectivity index (χ0) is 8.91. The highest BCUT2D eigenvalue weighted by atomic mass is 127. The Hall–Kier alpha value is 0.687. The van der Waals surface area contributed by atoms with Gasteiger partial charge in [0.1, 0.15) is 0 Å². The van der Waals surface area contributed by atoms with Gasteiger partial charge in [0.05, 0.1) is 8.07 Å². The van der Waals surface area contributed by atoms with Crippen molar-refractivity contribution < 1.29 is 0 Å². The summed E-state index contributed by atoms with van der Waals surface area (Å²) in [6.07, 6.45) is 6.36. The molecule has 0 aliphatic carbocycles. The molecule has 0 N–H and O–H groups in total. The van der Waals surface area contributed by atoms with Crippen molar-refractivity contribution in [3.63, 3.8) is 0 Å². The highest BCUT2D eigenvalue weighted by Crippen LogP contribution is 2.21. The van der Waals surface area contributed by atoms with Crippen LogP contribution in [0.2, 0.25) is 19.6 Å². The van der Waals surface area contributed by atoms with E-state index in [1.165, 1.54) is 19.3 Å². The molecule has 2 heteroatoms. The first-order valence-electron chi connectivity index (χ1n) is 4.34. The number of unbranched alkanes of at least 4 members (excludes halogenated alkanes) is 2. The van der Waals surface area contributed by atoms with Crippen LogP contribution in [0.25, 0.3) is 0 Å². The van der Waals surface area contributed by atoms with E-state index in [1.807, 2.05) is 0 Å². The van der Waals surface area contributed by atoms with Crippen molar-refractivity contribution in [1.82, 2.24) is 0 Å². The third-order valence-electron chi connectivity index (χ3n) is 1.60. The highest BCUT2D eigenvalue weighted by Gasteiger charge is 2.15. The minimum absolute atomic E-state index is 0.963. The molecule has 0 atom stereocenters. The molecule has 0 spiro atoms. The molecule has 0 nitrogen and oxygen atoms in total. The summed E-state index contributed by atoms with van der Waals surface area (Å²) in [7, 11) is -0.963. The lowest BCUT2D eigenvalue weighted by Gasteiger charge is -2.14. The number of hydrogen-bond acceptors (Lipinski definition) is 0. The zero-order valence-corrected chi connectivity index (χ0v) is 11.2. The van der Waals surface area contributed by atoms with Gasteiger partial charge in [-0.3, -0.25) is 0 Å². The van der Waals surface area contributed by atoms with E-state index in [9.17, 15) is 0 Å². The van der Waals surface area contributed by atoms with Crippen molar-refractivity contribution in [3.8, 4) is 0 Å². The van der Waals surface area contributed by atoms with Crippen molar-refractivity contribution in [1.29, 1.82) is 0 Å². The van der Waals surface area contributed by atoms with Gasteiger partial charge in [0.25, 0.3) is 0 Å². The van der Waals surface area contributed by atoms with Crippen molar-refractivity contribution in [3.05, 3.63) is 9.28 Å². The van der Waals surface area contributed by atoms with Crippen molar-refractivity contribution >= 4 is 30.7 Å². The van der Waals surface area contributed by atoms with Gasteiger partial charge < -0.3 is 0 Å². The monoisotopic (exact) mass is 282 g/mol. The minimum Gasteiger partial charge on any atom is -0.0794 e. The predicted molar refractivity (Wildman–Crippen MR) is 65.0 cm³/mol. The fourth-order valence-corrected chi connectivity index (χ4v) is 1.81. The minimum atomic E-state index is -0.963. The Morgan fingerprint density at radius 1 is 1.36 bits per heavy atom. The van der Waals surface area contributed by atoms with Crippen LogP contribution < -0.4 is 0 Å². The summed E-state index contributed by atoms with van der Waals surface area (Å²) >= 11 is 2.51. The Kier molecular flexibility index (Phi) is 5.69. The lowest BCUT2D eigenvalue weighted by molar-refractivity contribution is 0.815. The van der Waals surface area contributed by atoms with Gasteiger partial charge in [-0.15, -0.1) is 0 Å². The second-order valence-electron chi connectivity index (χ2n) is 3.94. The first-order chi connectivity index (χ1) is 4.98. The quantitative estimate of drug-likeness (QED) is 0.408. The number of rotatable bonds is 4. The van der Waals surface area contributed by atoms with E-state index in [0.29, 0.717) is 0 Å². The molecule has 0 aromatic heterocycles. The summed E-state index contributed by atoms with van der Waals surface area (Å²) < 4.78 is 1.63. The van der Waals surface area contributed by atoms with Gasteiger partial charge in [0, 0.05) is 0 Å². The fourth-order valence-electron chi connectivity index (χ4n) is 0.739. The average molecular weight is 282 g/mol. The first kappa shape index (κ1) is 11.7. The molecular formula is C9H19ISi. The van der Waals surface area contributed by atoms with Gasteiger partial charge in [-0.2, -0.15) is 0 Å². The van der Waals surface area contributed by atoms with Crippen LogP contribution in [0, 0.1) is 0 Å². The molecule has 0 aliphatic rings. The summed E-state index contributed by atoms with van der Waals surface area (Å²) in [5.41, 5.74) is 0. The van der Waals surface area contributed by atoms with E-state index in [0.717, 1.165) is 0 Å². The van der Waals surface area contributed by atoms with Gasteiger partial charge in [-0.1, -0.05) is 68.1 Å². The number of hydrogen-bond donors (Lipinski definition) is 0. The molecule has 0 rings (SSSR count). The van der Waals surface area contributed by atoms with Crippen LogP contribution in [0.5, 0.6) is 0 Å². The molecule has 0 radical (unpaired) electrons. The summed E-state index contributed by atoms with van der Waals surface area (Å²) in [4.78, 5) is 0. The zero-order valence-electron chi connectivity index (χ0n) is 8.08. The molecular weight excluding hydrogens is 263 g/mol. The molecule has 0 unspecified atom stereocenters. The van der Waals surface area contributed by atoms with Gasteiger partial charge in [0.2, 0.25) is 0 Å². The van der Waals surface area contributed by atoms with Crippen LogP contribution in [0.15, 0.2) is 9.28 Å². The van der Waals surface area contributed by atoms with Crippen LogP contribution in [0.4, 0.5) is 0 Å². The molecule has 0 bridgehead atoms. The summed E-state index contributed by atoms with van der Waals surface area (Å²) in [6.45, 7) is 9.45. The summed E-state index contributed by atoms with van der Waals surface area (Å²) in [6, 6.07) is 0. The SMILES string of the molecule is CCCC/C=C(/I)[Si](C)(C)C. The molecule has 66 valence electrons. The Balaban J connectivity index is 3.81. The maximum atomic E-state index is 2.51. The predicted octanol–water partition coefficient (Wildman–Crippen LogP) is 4.37. The number of halogens is 1. The maximum absolute atomic E-state index is 2.51. The van der Waals surface area contributed by atoms with E-state index >= 15 is 0 Å². The standard InChI is InChI=1S/C9H19ISi/c1-5-6-7-8-9(10)11(2,3)4/h8H,5-7H2,1-4H3/b9-8-. The van der Waals surface area contributed by atoms with E-state index in [1.54, 1.807) is 3.20 Å². The van der Waals surface area contributed by atoms with E-state index < -0.39 is 8.07 Å². The normalized spacial score (nSPS) is 13.7. The lowest BCUT2D eigenvalue weighted by atomic mass is 10.2. The van der Waals surface area contributed by atoms with E-state index in [-0.39, 0.29) is 0 Å². The molecule has 0 saturated heterocycles. The van der Waals surface area contributed by atoms with Crippen LogP contribution in [-0.4, -0.2) is 8.07 Å². The molecule has 0 fully saturated rings. The second-order valence-corrected chi connectivity index (χ2v) is 11.2. The highest BCUT2D eigenvalue weighted by molar-refractivity contribution is 14.1. The van der Waals surface area contributed by atoms with Crippen molar-refractivity contribution in [2.75, 3.05) is 0 Å². The summed E-state index contributed by atoms with van der Waals surface area (Å²) in [5.74, 6) is 0. The largest absolute Gasteiger partial charge is 0.0850 e. The smallest absolute Gasteiger partial charge is 0.0794 e. The fraction of sp³-hybridized carbons (Fsp3) is 0.778. The second kappa shape index (κ2) is 5.35. The molecule has 11 heavy (non-hydrogen) atoms. The summed E-state index contributed by atoms with van der Waals surface area (Å²) in [5, 5.41) is 0. The third-order valence-corrected chi connectivity index (χ3v) is 8.53. The first-order valence-corrected chi connectivity index (χ1v) is 8.92. The van der Waals surface area contributed by atoms with Crippen LogP contribution in [0.1, 0.15) is 26.2 Å². The van der Waals surface area contributed by atoms with Gasteiger partial charge in [-0.05, 0) is 9.62 Å². The average Bonchev–Trinajstić information content (AvgIpc) is 1.86.